The number of hydrogen-bond acceptors (Lipinski definition) is 8. The summed E-state index contributed by atoms with van der Waals surface area (Å²) in [5.41, 5.74) is 14.2. The molecule has 0 unspecified atom stereocenters. The van der Waals surface area contributed by atoms with E-state index in [1.54, 1.807) is 6.33 Å². The topological polar surface area (TPSA) is 118 Å². The van der Waals surface area contributed by atoms with Gasteiger partial charge in [0.1, 0.15) is 11.8 Å². The fraction of sp³-hybridized carbons (Fsp3) is 0.435. The Morgan fingerprint density at radius 2 is 2.06 bits per heavy atom. The van der Waals surface area contributed by atoms with Crippen LogP contribution in [0.4, 0.5) is 11.5 Å². The Bertz CT molecular complexity index is 1110. The highest BCUT2D eigenvalue weighted by Gasteiger charge is 2.20. The molecule has 0 bridgehead atoms. The second kappa shape index (κ2) is 10.5. The summed E-state index contributed by atoms with van der Waals surface area (Å²) >= 11 is 0. The zero-order valence-electron chi connectivity index (χ0n) is 19.4. The highest BCUT2D eigenvalue weighted by atomic mass is 15.3. The van der Waals surface area contributed by atoms with Crippen LogP contribution < -0.4 is 16.1 Å². The van der Waals surface area contributed by atoms with Crippen LogP contribution in [0.1, 0.15) is 37.8 Å². The standard InChI is InChI=1S/C23H32N10/c1-16(2)30-31-22(29-24)17-5-4-6-20(13-17)28-23-21-18(7-12-33(21)27-15-26-23)14-32-10-8-19(25-3)9-11-32/h4-7,12-13,15-16,19,24-25,30H,8-11,14H2,1-3H3,(H,26,27,28)/b29-24?,31-22-. The van der Waals surface area contributed by atoms with Gasteiger partial charge in [-0.3, -0.25) is 4.90 Å². The third kappa shape index (κ3) is 5.52. The maximum Gasteiger partial charge on any atom is 0.200 e. The van der Waals surface area contributed by atoms with E-state index in [4.69, 9.17) is 5.53 Å². The summed E-state index contributed by atoms with van der Waals surface area (Å²) in [4.78, 5) is 7.02. The van der Waals surface area contributed by atoms with Crippen LogP contribution in [0.3, 0.4) is 0 Å². The minimum Gasteiger partial charge on any atom is -0.338 e. The molecule has 1 aliphatic rings. The lowest BCUT2D eigenvalue weighted by molar-refractivity contribution is 0.195. The van der Waals surface area contributed by atoms with Crippen molar-refractivity contribution in [3.8, 4) is 0 Å². The van der Waals surface area contributed by atoms with Gasteiger partial charge in [-0.25, -0.2) is 15.0 Å². The van der Waals surface area contributed by atoms with Crippen LogP contribution in [0.5, 0.6) is 0 Å². The molecule has 0 spiro atoms. The molecule has 10 heteroatoms. The first kappa shape index (κ1) is 22.8. The van der Waals surface area contributed by atoms with Crippen molar-refractivity contribution in [1.82, 2.24) is 30.2 Å². The number of rotatable bonds is 8. The molecule has 1 aliphatic heterocycles. The molecule has 2 aromatic heterocycles. The number of anilines is 2. The minimum absolute atomic E-state index is 0.161. The molecule has 1 aromatic carbocycles. The normalized spacial score (nSPS) is 15.8. The van der Waals surface area contributed by atoms with E-state index >= 15 is 0 Å². The maximum atomic E-state index is 7.50. The number of hydrogen-bond donors (Lipinski definition) is 4. The first-order valence-corrected chi connectivity index (χ1v) is 11.4. The molecule has 0 radical (unpaired) electrons. The van der Waals surface area contributed by atoms with Gasteiger partial charge < -0.3 is 16.1 Å². The zero-order chi connectivity index (χ0) is 23.2. The summed E-state index contributed by atoms with van der Waals surface area (Å²) in [6, 6.07) is 10.6. The Morgan fingerprint density at radius 1 is 1.24 bits per heavy atom. The predicted octanol–water partition coefficient (Wildman–Crippen LogP) is 3.35. The lowest BCUT2D eigenvalue weighted by Gasteiger charge is -2.31. The average molecular weight is 449 g/mol. The predicted molar refractivity (Wildman–Crippen MR) is 130 cm³/mol. The van der Waals surface area contributed by atoms with Crippen molar-refractivity contribution < 1.29 is 0 Å². The molecule has 4 N–H and O–H groups in total. The lowest BCUT2D eigenvalue weighted by Crippen LogP contribution is -2.40. The number of nitrogens with one attached hydrogen (secondary N) is 4. The van der Waals surface area contributed by atoms with E-state index in [1.165, 1.54) is 5.56 Å². The van der Waals surface area contributed by atoms with Crippen molar-refractivity contribution in [3.05, 3.63) is 54.0 Å². The van der Waals surface area contributed by atoms with Crippen molar-refractivity contribution in [2.24, 2.45) is 10.2 Å². The molecule has 10 nitrogen and oxygen atoms in total. The summed E-state index contributed by atoms with van der Waals surface area (Å²) < 4.78 is 1.87. The van der Waals surface area contributed by atoms with Gasteiger partial charge in [-0.2, -0.15) is 10.2 Å². The average Bonchev–Trinajstić information content (AvgIpc) is 3.24. The Labute approximate surface area is 194 Å². The molecule has 1 saturated heterocycles. The Hall–Kier alpha value is -3.37. The molecule has 3 heterocycles. The maximum absolute atomic E-state index is 7.50. The number of nitrogens with zero attached hydrogens (tertiary/aromatic N) is 6. The van der Waals surface area contributed by atoms with Gasteiger partial charge in [-0.1, -0.05) is 12.1 Å². The van der Waals surface area contributed by atoms with Crippen molar-refractivity contribution >= 4 is 22.9 Å². The molecule has 0 saturated carbocycles. The summed E-state index contributed by atoms with van der Waals surface area (Å²) in [6.07, 6.45) is 5.86. The van der Waals surface area contributed by atoms with Crippen LogP contribution in [0.25, 0.3) is 5.52 Å². The fourth-order valence-electron chi connectivity index (χ4n) is 4.08. The Kier molecular flexibility index (Phi) is 7.26. The number of amidine groups is 1. The number of piperidine rings is 1. The van der Waals surface area contributed by atoms with Gasteiger partial charge >= 0.3 is 0 Å². The second-order valence-electron chi connectivity index (χ2n) is 8.62. The van der Waals surface area contributed by atoms with E-state index in [0.717, 1.165) is 55.1 Å². The summed E-state index contributed by atoms with van der Waals surface area (Å²) in [6.45, 7) is 6.99. The Balaban J connectivity index is 1.56. The molecule has 3 aromatic rings. The van der Waals surface area contributed by atoms with Crippen LogP contribution in [0.15, 0.2) is 53.1 Å². The van der Waals surface area contributed by atoms with Crippen LogP contribution in [-0.4, -0.2) is 57.6 Å². The third-order valence-electron chi connectivity index (χ3n) is 5.85. The van der Waals surface area contributed by atoms with Crippen LogP contribution in [0.2, 0.25) is 0 Å². The number of likely N-dealkylation sites (tertiary alicyclic amines) is 1. The van der Waals surface area contributed by atoms with Gasteiger partial charge in [0, 0.05) is 36.1 Å². The molecular formula is C23H32N10. The Morgan fingerprint density at radius 3 is 2.79 bits per heavy atom. The molecule has 0 atom stereocenters. The first-order chi connectivity index (χ1) is 16.1. The van der Waals surface area contributed by atoms with E-state index in [9.17, 15) is 0 Å². The lowest BCUT2D eigenvalue weighted by atomic mass is 10.0. The van der Waals surface area contributed by atoms with Crippen molar-refractivity contribution in [1.29, 1.82) is 5.53 Å². The van der Waals surface area contributed by atoms with Gasteiger partial charge in [0.2, 0.25) is 0 Å². The second-order valence-corrected chi connectivity index (χ2v) is 8.62. The highest BCUT2D eigenvalue weighted by molar-refractivity contribution is 5.99. The van der Waals surface area contributed by atoms with E-state index in [0.29, 0.717) is 11.9 Å². The molecule has 33 heavy (non-hydrogen) atoms. The molecular weight excluding hydrogens is 416 g/mol. The number of hydrazone groups is 1. The summed E-state index contributed by atoms with van der Waals surface area (Å²) in [7, 11) is 2.04. The van der Waals surface area contributed by atoms with E-state index in [2.05, 4.69) is 47.3 Å². The highest BCUT2D eigenvalue weighted by Crippen LogP contribution is 2.25. The molecule has 0 amide bonds. The molecule has 174 valence electrons. The van der Waals surface area contributed by atoms with Crippen LogP contribution in [-0.2, 0) is 6.54 Å². The van der Waals surface area contributed by atoms with Crippen LogP contribution >= 0.6 is 0 Å². The largest absolute Gasteiger partial charge is 0.338 e. The smallest absolute Gasteiger partial charge is 0.200 e. The number of benzene rings is 1. The monoisotopic (exact) mass is 448 g/mol. The zero-order valence-corrected chi connectivity index (χ0v) is 19.4. The number of aromatic nitrogens is 3. The molecule has 4 rings (SSSR count). The van der Waals surface area contributed by atoms with Crippen molar-refractivity contribution in [2.75, 3.05) is 25.5 Å². The first-order valence-electron chi connectivity index (χ1n) is 11.4. The summed E-state index contributed by atoms with van der Waals surface area (Å²) in [5, 5.41) is 19.0. The van der Waals surface area contributed by atoms with Gasteiger partial charge in [0.05, 0.1) is 0 Å². The van der Waals surface area contributed by atoms with Crippen LogP contribution in [0, 0.1) is 5.53 Å². The quantitative estimate of drug-likeness (QED) is 0.182. The molecule has 1 fully saturated rings. The van der Waals surface area contributed by atoms with E-state index in [-0.39, 0.29) is 6.04 Å². The number of fused-ring (bicyclic) bond motifs is 1. The SMILES string of the molecule is CNC1CCN(Cc2ccn3ncnc(Nc4cccc(/C(N=N)=N/NC(C)C)c4)c23)CC1. The van der Waals surface area contributed by atoms with E-state index < -0.39 is 0 Å². The fourth-order valence-corrected chi connectivity index (χ4v) is 4.08. The summed E-state index contributed by atoms with van der Waals surface area (Å²) in [5.74, 6) is 1.07. The third-order valence-corrected chi connectivity index (χ3v) is 5.85. The van der Waals surface area contributed by atoms with Gasteiger partial charge in [0.25, 0.3) is 0 Å². The van der Waals surface area contributed by atoms with Gasteiger partial charge in [-0.05, 0) is 70.6 Å². The van der Waals surface area contributed by atoms with Crippen molar-refractivity contribution in [3.63, 3.8) is 0 Å². The van der Waals surface area contributed by atoms with Gasteiger partial charge in [0.15, 0.2) is 11.7 Å². The van der Waals surface area contributed by atoms with Gasteiger partial charge in [-0.15, -0.1) is 5.11 Å². The van der Waals surface area contributed by atoms with Crippen molar-refractivity contribution in [2.45, 2.75) is 45.3 Å². The van der Waals surface area contributed by atoms with E-state index in [1.807, 2.05) is 55.9 Å². The molecule has 0 aliphatic carbocycles. The minimum atomic E-state index is 0.161.